The maximum atomic E-state index is 11.8. The number of hydrogen-bond acceptors (Lipinski definition) is 3. The van der Waals surface area contributed by atoms with Crippen molar-refractivity contribution in [1.82, 2.24) is 9.88 Å². The van der Waals surface area contributed by atoms with Gasteiger partial charge in [0, 0.05) is 13.6 Å². The van der Waals surface area contributed by atoms with Gasteiger partial charge < -0.3 is 4.90 Å². The Morgan fingerprint density at radius 2 is 2.25 bits per heavy atom. The zero-order valence-corrected chi connectivity index (χ0v) is 10.1. The lowest BCUT2D eigenvalue weighted by Crippen LogP contribution is -2.28. The van der Waals surface area contributed by atoms with E-state index in [1.54, 1.807) is 7.05 Å². The summed E-state index contributed by atoms with van der Waals surface area (Å²) < 4.78 is 0. The molecular weight excluding hydrogens is 249 g/mol. The summed E-state index contributed by atoms with van der Waals surface area (Å²) in [5, 5.41) is 8.87. The molecule has 0 aliphatic carbocycles. The first kappa shape index (κ1) is 12.8. The van der Waals surface area contributed by atoms with Crippen LogP contribution in [0, 0.1) is 11.3 Å². The molecule has 0 atom stereocenters. The van der Waals surface area contributed by atoms with E-state index in [0.29, 0.717) is 6.54 Å². The number of carbonyl (C=O) groups excluding carboxylic acids is 1. The Labute approximate surface area is 103 Å². The molecule has 0 radical (unpaired) electrons. The van der Waals surface area contributed by atoms with E-state index >= 15 is 0 Å². The van der Waals surface area contributed by atoms with Crippen LogP contribution >= 0.6 is 23.2 Å². The molecule has 0 spiro atoms. The second-order valence-corrected chi connectivity index (χ2v) is 3.89. The number of pyridine rings is 1. The topological polar surface area (TPSA) is 57.0 Å². The smallest absolute Gasteiger partial charge is 0.273 e. The third kappa shape index (κ3) is 3.09. The fourth-order valence-electron chi connectivity index (χ4n) is 1.07. The van der Waals surface area contributed by atoms with Gasteiger partial charge in [-0.1, -0.05) is 23.2 Å². The third-order valence-corrected chi connectivity index (χ3v) is 2.44. The van der Waals surface area contributed by atoms with Crippen molar-refractivity contribution in [3.05, 3.63) is 28.0 Å². The van der Waals surface area contributed by atoms with Crippen LogP contribution in [-0.2, 0) is 0 Å². The second kappa shape index (κ2) is 5.69. The normalized spacial score (nSPS) is 9.62. The van der Waals surface area contributed by atoms with Crippen LogP contribution in [0.4, 0.5) is 0 Å². The standard InChI is InChI=1S/C10H9Cl2N3O/c1-15(6-2-5-13)10(16)9-7(11)3-4-8(12)14-9/h3-4H,2,6H2,1H3. The minimum absolute atomic E-state index is 0.106. The number of nitrogens with zero attached hydrogens (tertiary/aromatic N) is 3. The molecule has 1 aromatic rings. The molecule has 0 N–H and O–H groups in total. The lowest BCUT2D eigenvalue weighted by Gasteiger charge is -2.15. The maximum absolute atomic E-state index is 11.8. The highest BCUT2D eigenvalue weighted by Gasteiger charge is 2.16. The Balaban J connectivity index is 2.88. The van der Waals surface area contributed by atoms with E-state index in [4.69, 9.17) is 28.5 Å². The predicted octanol–water partition coefficient (Wildman–Crippen LogP) is 2.37. The van der Waals surface area contributed by atoms with Gasteiger partial charge >= 0.3 is 0 Å². The van der Waals surface area contributed by atoms with E-state index in [9.17, 15) is 4.79 Å². The Hall–Kier alpha value is -1.31. The Bertz CT molecular complexity index is 442. The van der Waals surface area contributed by atoms with Crippen molar-refractivity contribution in [2.75, 3.05) is 13.6 Å². The van der Waals surface area contributed by atoms with E-state index in [2.05, 4.69) is 4.98 Å². The number of rotatable bonds is 3. The van der Waals surface area contributed by atoms with Crippen molar-refractivity contribution >= 4 is 29.1 Å². The highest BCUT2D eigenvalue weighted by atomic mass is 35.5. The van der Waals surface area contributed by atoms with Crippen molar-refractivity contribution in [3.63, 3.8) is 0 Å². The van der Waals surface area contributed by atoms with Crippen molar-refractivity contribution in [1.29, 1.82) is 5.26 Å². The molecule has 1 rings (SSSR count). The minimum Gasteiger partial charge on any atom is -0.339 e. The van der Waals surface area contributed by atoms with E-state index in [0.717, 1.165) is 0 Å². The van der Waals surface area contributed by atoms with Crippen LogP contribution in [0.5, 0.6) is 0 Å². The lowest BCUT2D eigenvalue weighted by molar-refractivity contribution is 0.0792. The molecule has 16 heavy (non-hydrogen) atoms. The number of amides is 1. The van der Waals surface area contributed by atoms with Gasteiger partial charge in [-0.05, 0) is 12.1 Å². The van der Waals surface area contributed by atoms with Crippen LogP contribution < -0.4 is 0 Å². The molecule has 0 aliphatic heterocycles. The van der Waals surface area contributed by atoms with Crippen LogP contribution in [0.3, 0.4) is 0 Å². The fraction of sp³-hybridized carbons (Fsp3) is 0.300. The SMILES string of the molecule is CN(CCC#N)C(=O)c1nc(Cl)ccc1Cl. The molecule has 6 heteroatoms. The molecule has 0 aliphatic rings. The summed E-state index contributed by atoms with van der Waals surface area (Å²) >= 11 is 11.5. The van der Waals surface area contributed by atoms with Crippen molar-refractivity contribution in [2.45, 2.75) is 6.42 Å². The molecule has 0 saturated heterocycles. The summed E-state index contributed by atoms with van der Waals surface area (Å²) in [4.78, 5) is 17.1. The van der Waals surface area contributed by atoms with Gasteiger partial charge in [0.2, 0.25) is 0 Å². The molecule has 1 aromatic heterocycles. The largest absolute Gasteiger partial charge is 0.339 e. The maximum Gasteiger partial charge on any atom is 0.273 e. The lowest BCUT2D eigenvalue weighted by atomic mass is 10.3. The zero-order chi connectivity index (χ0) is 12.1. The van der Waals surface area contributed by atoms with E-state index in [-0.39, 0.29) is 28.2 Å². The first-order chi connectivity index (χ1) is 7.56. The zero-order valence-electron chi connectivity index (χ0n) is 8.57. The summed E-state index contributed by atoms with van der Waals surface area (Å²) in [5.74, 6) is -0.345. The monoisotopic (exact) mass is 257 g/mol. The summed E-state index contributed by atoms with van der Waals surface area (Å²) in [5.41, 5.74) is 0.106. The summed E-state index contributed by atoms with van der Waals surface area (Å²) in [6, 6.07) is 4.98. The fourth-order valence-corrected chi connectivity index (χ4v) is 1.40. The van der Waals surface area contributed by atoms with Gasteiger partial charge in [-0.3, -0.25) is 4.79 Å². The van der Waals surface area contributed by atoms with Gasteiger partial charge in [0.05, 0.1) is 17.5 Å². The Morgan fingerprint density at radius 1 is 1.56 bits per heavy atom. The van der Waals surface area contributed by atoms with Gasteiger partial charge in [-0.15, -0.1) is 0 Å². The summed E-state index contributed by atoms with van der Waals surface area (Å²) in [6.45, 7) is 0.333. The molecule has 4 nitrogen and oxygen atoms in total. The van der Waals surface area contributed by atoms with Gasteiger partial charge in [0.1, 0.15) is 10.8 Å². The molecule has 1 amide bonds. The number of carbonyl (C=O) groups is 1. The van der Waals surface area contributed by atoms with E-state index in [1.807, 2.05) is 6.07 Å². The van der Waals surface area contributed by atoms with Crippen molar-refractivity contribution < 1.29 is 4.79 Å². The second-order valence-electron chi connectivity index (χ2n) is 3.10. The summed E-state index contributed by atoms with van der Waals surface area (Å²) in [7, 11) is 1.58. The highest BCUT2D eigenvalue weighted by molar-refractivity contribution is 6.34. The van der Waals surface area contributed by atoms with Gasteiger partial charge in [-0.2, -0.15) is 5.26 Å². The van der Waals surface area contributed by atoms with Gasteiger partial charge in [0.25, 0.3) is 5.91 Å². The average Bonchev–Trinajstić information content (AvgIpc) is 2.28. The average molecular weight is 258 g/mol. The first-order valence-electron chi connectivity index (χ1n) is 4.50. The van der Waals surface area contributed by atoms with Crippen LogP contribution in [0.15, 0.2) is 12.1 Å². The molecule has 84 valence electrons. The quantitative estimate of drug-likeness (QED) is 0.782. The van der Waals surface area contributed by atoms with E-state index in [1.165, 1.54) is 17.0 Å². The molecule has 0 aromatic carbocycles. The van der Waals surface area contributed by atoms with Crippen LogP contribution in [0.2, 0.25) is 10.2 Å². The number of halogens is 2. The number of hydrogen-bond donors (Lipinski definition) is 0. The molecular formula is C10H9Cl2N3O. The molecule has 0 unspecified atom stereocenters. The molecule has 0 bridgehead atoms. The van der Waals surface area contributed by atoms with Crippen LogP contribution in [0.1, 0.15) is 16.9 Å². The first-order valence-corrected chi connectivity index (χ1v) is 5.26. The predicted molar refractivity (Wildman–Crippen MR) is 61.4 cm³/mol. The molecule has 0 fully saturated rings. The number of aromatic nitrogens is 1. The summed E-state index contributed by atoms with van der Waals surface area (Å²) in [6.07, 6.45) is 0.264. The van der Waals surface area contributed by atoms with Crippen molar-refractivity contribution in [2.24, 2.45) is 0 Å². The van der Waals surface area contributed by atoms with E-state index < -0.39 is 0 Å². The van der Waals surface area contributed by atoms with Crippen molar-refractivity contribution in [3.8, 4) is 6.07 Å². The van der Waals surface area contributed by atoms with Gasteiger partial charge in [0.15, 0.2) is 0 Å². The van der Waals surface area contributed by atoms with Crippen LogP contribution in [0.25, 0.3) is 0 Å². The molecule has 0 saturated carbocycles. The van der Waals surface area contributed by atoms with Crippen LogP contribution in [-0.4, -0.2) is 29.4 Å². The highest BCUT2D eigenvalue weighted by Crippen LogP contribution is 2.18. The molecule has 1 heterocycles. The number of nitriles is 1. The Kier molecular flexibility index (Phi) is 4.53. The van der Waals surface area contributed by atoms with Gasteiger partial charge in [-0.25, -0.2) is 4.98 Å². The Morgan fingerprint density at radius 3 is 2.88 bits per heavy atom. The minimum atomic E-state index is -0.345. The third-order valence-electron chi connectivity index (χ3n) is 1.92.